The van der Waals surface area contributed by atoms with Crippen LogP contribution in [-0.4, -0.2) is 45.3 Å². The molecule has 4 aliphatic rings. The van der Waals surface area contributed by atoms with Gasteiger partial charge in [-0.3, -0.25) is 9.59 Å². The molecular weight excluding hydrogens is 593 g/mol. The first-order chi connectivity index (χ1) is 20.8. The minimum absolute atomic E-state index is 0.0112. The second kappa shape index (κ2) is 12.5. The van der Waals surface area contributed by atoms with Crippen molar-refractivity contribution in [1.29, 1.82) is 0 Å². The Kier molecular flexibility index (Phi) is 9.05. The molecule has 1 aromatic rings. The molecule has 0 aliphatic carbocycles. The van der Waals surface area contributed by atoms with Crippen LogP contribution in [0, 0.1) is 6.92 Å². The summed E-state index contributed by atoms with van der Waals surface area (Å²) in [6.07, 6.45) is 7.94. The molecular formula is C34H42N4O4S2. The van der Waals surface area contributed by atoms with Crippen molar-refractivity contribution in [3.8, 4) is 0 Å². The fourth-order valence-electron chi connectivity index (χ4n) is 7.07. The van der Waals surface area contributed by atoms with Gasteiger partial charge in [0, 0.05) is 47.1 Å². The molecule has 0 aromatic carbocycles. The zero-order valence-corrected chi connectivity index (χ0v) is 27.9. The molecule has 44 heavy (non-hydrogen) atoms. The van der Waals surface area contributed by atoms with E-state index in [1.807, 2.05) is 27.7 Å². The number of thiol groups is 2. The molecule has 1 aromatic heterocycles. The average molecular weight is 635 g/mol. The van der Waals surface area contributed by atoms with Crippen LogP contribution in [0.25, 0.3) is 12.2 Å². The number of allylic oxidation sites excluding steroid dienone is 4. The number of fused-ring (bicyclic) bond motifs is 8. The van der Waals surface area contributed by atoms with Gasteiger partial charge in [-0.05, 0) is 127 Å². The van der Waals surface area contributed by atoms with E-state index in [0.717, 1.165) is 77.4 Å². The van der Waals surface area contributed by atoms with Crippen molar-refractivity contribution in [2.24, 2.45) is 0 Å². The number of hydrogen-bond acceptors (Lipinski definition) is 7. The molecule has 8 bridgehead atoms. The smallest absolute Gasteiger partial charge is 0.303 e. The van der Waals surface area contributed by atoms with E-state index in [4.69, 9.17) is 25.3 Å². The van der Waals surface area contributed by atoms with Crippen molar-refractivity contribution in [1.82, 2.24) is 20.9 Å². The van der Waals surface area contributed by atoms with Crippen LogP contribution in [-0.2, 0) is 16.0 Å². The van der Waals surface area contributed by atoms with Gasteiger partial charge in [-0.2, -0.15) is 0 Å². The lowest BCUT2D eigenvalue weighted by molar-refractivity contribution is -0.138. The van der Waals surface area contributed by atoms with E-state index in [1.165, 1.54) is 11.1 Å². The molecule has 6 N–H and O–H groups in total. The van der Waals surface area contributed by atoms with Crippen LogP contribution in [0.1, 0.15) is 71.4 Å². The molecule has 0 saturated heterocycles. The molecule has 4 aliphatic heterocycles. The maximum atomic E-state index is 11.6. The zero-order valence-electron chi connectivity index (χ0n) is 26.1. The molecule has 0 spiro atoms. The predicted octanol–water partition coefficient (Wildman–Crippen LogP) is 4.24. The van der Waals surface area contributed by atoms with Gasteiger partial charge < -0.3 is 31.1 Å². The van der Waals surface area contributed by atoms with Gasteiger partial charge >= 0.3 is 11.9 Å². The van der Waals surface area contributed by atoms with Gasteiger partial charge in [-0.1, -0.05) is 0 Å². The number of aliphatic carboxylic acids is 2. The van der Waals surface area contributed by atoms with Gasteiger partial charge in [0.25, 0.3) is 0 Å². The van der Waals surface area contributed by atoms with E-state index < -0.39 is 11.9 Å². The average Bonchev–Trinajstić information content (AvgIpc) is 3.59. The Morgan fingerprint density at radius 1 is 0.818 bits per heavy atom. The van der Waals surface area contributed by atoms with Crippen LogP contribution in [0.5, 0.6) is 0 Å². The molecule has 0 amide bonds. The van der Waals surface area contributed by atoms with Crippen LogP contribution < -0.4 is 26.6 Å². The fraction of sp³-hybridized carbons (Fsp3) is 0.412. The highest BCUT2D eigenvalue weighted by atomic mass is 32.1. The van der Waals surface area contributed by atoms with Crippen LogP contribution in [0.15, 0.2) is 66.4 Å². The first-order valence-corrected chi connectivity index (χ1v) is 15.9. The van der Waals surface area contributed by atoms with Crippen molar-refractivity contribution in [3.05, 3.63) is 88.2 Å². The molecule has 5 heterocycles. The minimum Gasteiger partial charge on any atom is -0.481 e. The van der Waals surface area contributed by atoms with E-state index in [1.54, 1.807) is 0 Å². The quantitative estimate of drug-likeness (QED) is 0.220. The first-order valence-electron chi connectivity index (χ1n) is 15.0. The van der Waals surface area contributed by atoms with Crippen LogP contribution in [0.3, 0.4) is 0 Å². The number of carboxylic acids is 2. The van der Waals surface area contributed by atoms with Crippen molar-refractivity contribution < 1.29 is 19.8 Å². The molecule has 8 nitrogen and oxygen atoms in total. The van der Waals surface area contributed by atoms with Gasteiger partial charge in [0.15, 0.2) is 0 Å². The third kappa shape index (κ3) is 6.06. The van der Waals surface area contributed by atoms with Gasteiger partial charge in [-0.25, -0.2) is 0 Å². The summed E-state index contributed by atoms with van der Waals surface area (Å²) in [4.78, 5) is 28.7. The summed E-state index contributed by atoms with van der Waals surface area (Å²) >= 11 is 9.58. The molecule has 5 rings (SSSR count). The highest BCUT2D eigenvalue weighted by Crippen LogP contribution is 2.38. The Labute approximate surface area is 269 Å². The van der Waals surface area contributed by atoms with Crippen molar-refractivity contribution >= 4 is 49.3 Å². The van der Waals surface area contributed by atoms with Crippen LogP contribution in [0.2, 0.25) is 0 Å². The second-order valence-corrected chi connectivity index (χ2v) is 13.5. The summed E-state index contributed by atoms with van der Waals surface area (Å²) in [5, 5.41) is 32.0. The fourth-order valence-corrected chi connectivity index (χ4v) is 7.70. The normalized spacial score (nSPS) is 27.9. The zero-order chi connectivity index (χ0) is 32.0. The summed E-state index contributed by atoms with van der Waals surface area (Å²) < 4.78 is 0. The summed E-state index contributed by atoms with van der Waals surface area (Å²) in [6, 6.07) is -0.347. The molecule has 0 saturated carbocycles. The van der Waals surface area contributed by atoms with E-state index in [9.17, 15) is 19.8 Å². The lowest BCUT2D eigenvalue weighted by Gasteiger charge is -2.19. The molecule has 0 radical (unpaired) electrons. The summed E-state index contributed by atoms with van der Waals surface area (Å²) in [6.45, 7) is 12.4. The largest absolute Gasteiger partial charge is 0.481 e. The molecule has 10 heteroatoms. The topological polar surface area (TPSA) is 126 Å². The van der Waals surface area contributed by atoms with E-state index in [0.29, 0.717) is 12.8 Å². The Hall–Kier alpha value is -3.50. The number of aromatic nitrogens is 1. The molecule has 0 unspecified atom stereocenters. The summed E-state index contributed by atoms with van der Waals surface area (Å²) in [7, 11) is 0. The maximum Gasteiger partial charge on any atom is 0.303 e. The van der Waals surface area contributed by atoms with Crippen LogP contribution >= 0.6 is 25.3 Å². The van der Waals surface area contributed by atoms with Gasteiger partial charge in [0.1, 0.15) is 0 Å². The molecule has 0 fully saturated rings. The Morgan fingerprint density at radius 2 is 1.45 bits per heavy atom. The SMILES string of the molecule is CC1=C(CCC(=O)O)[C@H]2/C=c3\[nH]/c(c(C)c3CCC(=O)O)=C\[C@H]3NC(=C(C)/C3=C(\C)S)C[C@@H]3NC(=C(C)C/3=C(\C)S)/C=C/1N2. The molecule has 3 atom stereocenters. The predicted molar refractivity (Wildman–Crippen MR) is 181 cm³/mol. The van der Waals surface area contributed by atoms with E-state index >= 15 is 0 Å². The first kappa shape index (κ1) is 31.9. The Bertz CT molecular complexity index is 1760. The van der Waals surface area contributed by atoms with Crippen LogP contribution in [0.4, 0.5) is 0 Å². The van der Waals surface area contributed by atoms with Gasteiger partial charge in [0.2, 0.25) is 0 Å². The monoisotopic (exact) mass is 634 g/mol. The van der Waals surface area contributed by atoms with Crippen molar-refractivity contribution in [2.75, 3.05) is 0 Å². The number of H-pyrrole nitrogens is 1. The molecule has 234 valence electrons. The van der Waals surface area contributed by atoms with Crippen molar-refractivity contribution in [2.45, 2.75) is 91.8 Å². The number of hydrogen-bond donors (Lipinski definition) is 8. The Morgan fingerprint density at radius 3 is 2.09 bits per heavy atom. The van der Waals surface area contributed by atoms with Crippen molar-refractivity contribution in [3.63, 3.8) is 0 Å². The standard InChI is InChI=1S/C34H42N4O4S2/c1-15-21(7-9-31(39)40)27-14-28-22(8-10-32(41)42)16(2)24(36-28)12-29-34(20(6)44)18(4)26(38-29)13-30-33(19(5)43)17(3)25(37-30)11-23(15)35-27/h11-12,14,27,29-30,35-38,43-44H,7-10,13H2,1-6H3,(H,39,40)(H,41,42)/b23-11-,24-12-,28-14-,33-19-,34-20-/t27-,29-,30+/m1/s1. The van der Waals surface area contributed by atoms with E-state index in [-0.39, 0.29) is 31.0 Å². The second-order valence-electron chi connectivity index (χ2n) is 12.2. The lowest BCUT2D eigenvalue weighted by atomic mass is 9.96. The maximum absolute atomic E-state index is 11.6. The third-order valence-electron chi connectivity index (χ3n) is 9.35. The minimum atomic E-state index is -0.850. The lowest BCUT2D eigenvalue weighted by Crippen LogP contribution is -2.31. The number of nitrogens with one attached hydrogen (secondary N) is 4. The van der Waals surface area contributed by atoms with E-state index in [2.05, 4.69) is 53.0 Å². The highest BCUT2D eigenvalue weighted by Gasteiger charge is 2.34. The number of aromatic amines is 1. The van der Waals surface area contributed by atoms with Gasteiger partial charge in [0.05, 0.1) is 18.1 Å². The Balaban J connectivity index is 1.77. The number of carboxylic acid groups (broad SMARTS) is 2. The third-order valence-corrected chi connectivity index (χ3v) is 9.83. The summed E-state index contributed by atoms with van der Waals surface area (Å²) in [5.74, 6) is -1.69. The highest BCUT2D eigenvalue weighted by molar-refractivity contribution is 7.84. The summed E-state index contributed by atoms with van der Waals surface area (Å²) in [5.41, 5.74) is 11.7. The van der Waals surface area contributed by atoms with Gasteiger partial charge in [-0.15, -0.1) is 25.3 Å². The number of carbonyl (C=O) groups is 2. The number of rotatable bonds is 6.